The fourth-order valence-electron chi connectivity index (χ4n) is 4.57. The molecule has 0 saturated heterocycles. The van der Waals surface area contributed by atoms with Gasteiger partial charge >= 0.3 is 6.03 Å². The molecule has 0 aliphatic heterocycles. The summed E-state index contributed by atoms with van der Waals surface area (Å²) < 4.78 is 18.8. The maximum absolute atomic E-state index is 13.7. The van der Waals surface area contributed by atoms with Crippen molar-refractivity contribution in [2.75, 3.05) is 38.7 Å². The van der Waals surface area contributed by atoms with E-state index in [0.29, 0.717) is 37.7 Å². The third-order valence-electron chi connectivity index (χ3n) is 6.97. The van der Waals surface area contributed by atoms with Gasteiger partial charge < -0.3 is 24.8 Å². The van der Waals surface area contributed by atoms with E-state index in [4.69, 9.17) is 4.74 Å². The number of carbonyl (C=O) groups is 2. The minimum atomic E-state index is -0.374. The zero-order chi connectivity index (χ0) is 28.5. The molecule has 0 bridgehead atoms. The van der Waals surface area contributed by atoms with Gasteiger partial charge in [0.15, 0.2) is 0 Å². The van der Waals surface area contributed by atoms with E-state index in [2.05, 4.69) is 30.2 Å². The third kappa shape index (κ3) is 7.70. The Kier molecular flexibility index (Phi) is 9.91. The van der Waals surface area contributed by atoms with Crippen LogP contribution in [0.1, 0.15) is 36.5 Å². The Bertz CT molecular complexity index is 1400. The van der Waals surface area contributed by atoms with Gasteiger partial charge in [0.1, 0.15) is 12.4 Å². The lowest BCUT2D eigenvalue weighted by molar-refractivity contribution is -0.132. The molecule has 0 aliphatic rings. The van der Waals surface area contributed by atoms with E-state index in [9.17, 15) is 14.0 Å². The second-order valence-corrected chi connectivity index (χ2v) is 10.2. The topological polar surface area (TPSA) is 77.7 Å². The number of ether oxygens (including phenoxy) is 1. The number of anilines is 1. The van der Waals surface area contributed by atoms with Crippen LogP contribution < -0.4 is 5.32 Å². The molecule has 3 amide bonds. The monoisotopic (exact) mass is 544 g/mol. The normalized spacial score (nSPS) is 11.1. The number of amides is 3. The van der Waals surface area contributed by atoms with E-state index in [1.807, 2.05) is 48.7 Å². The summed E-state index contributed by atoms with van der Waals surface area (Å²) in [6.07, 6.45) is 2.59. The molecule has 2 N–H and O–H groups in total. The first-order valence-electron chi connectivity index (χ1n) is 13.6. The Labute approximate surface area is 234 Å². The molecule has 1 aromatic heterocycles. The lowest BCUT2D eigenvalue weighted by Gasteiger charge is -2.28. The summed E-state index contributed by atoms with van der Waals surface area (Å²) >= 11 is 0. The number of H-pyrrole nitrogens is 1. The maximum Gasteiger partial charge on any atom is 0.322 e. The van der Waals surface area contributed by atoms with Gasteiger partial charge in [0.2, 0.25) is 5.91 Å². The smallest absolute Gasteiger partial charge is 0.322 e. The molecular weight excluding hydrogens is 507 g/mol. The van der Waals surface area contributed by atoms with Gasteiger partial charge in [-0.1, -0.05) is 56.3 Å². The molecule has 3 aromatic carbocycles. The van der Waals surface area contributed by atoms with Gasteiger partial charge in [-0.25, -0.2) is 9.18 Å². The number of fused-ring (bicyclic) bond motifs is 1. The molecule has 210 valence electrons. The van der Waals surface area contributed by atoms with Gasteiger partial charge in [-0.15, -0.1) is 0 Å². The number of aromatic nitrogens is 1. The van der Waals surface area contributed by atoms with Crippen LogP contribution in [-0.4, -0.2) is 60.1 Å². The van der Waals surface area contributed by atoms with E-state index in [-0.39, 0.29) is 30.8 Å². The van der Waals surface area contributed by atoms with Crippen molar-refractivity contribution < 1.29 is 18.7 Å². The first kappa shape index (κ1) is 28.8. The fraction of sp³-hybridized carbons (Fsp3) is 0.312. The fourth-order valence-corrected chi connectivity index (χ4v) is 4.57. The van der Waals surface area contributed by atoms with Gasteiger partial charge in [-0.2, -0.15) is 0 Å². The highest BCUT2D eigenvalue weighted by molar-refractivity contribution is 5.92. The van der Waals surface area contributed by atoms with E-state index in [1.165, 1.54) is 22.6 Å². The van der Waals surface area contributed by atoms with Gasteiger partial charge in [-0.3, -0.25) is 4.79 Å². The molecule has 0 fully saturated rings. The summed E-state index contributed by atoms with van der Waals surface area (Å²) in [5.74, 6) is -0.147. The highest BCUT2D eigenvalue weighted by atomic mass is 19.1. The molecule has 8 heteroatoms. The van der Waals surface area contributed by atoms with Crippen LogP contribution >= 0.6 is 0 Å². The molecule has 40 heavy (non-hydrogen) atoms. The van der Waals surface area contributed by atoms with Crippen LogP contribution in [0.2, 0.25) is 0 Å². The van der Waals surface area contributed by atoms with Gasteiger partial charge in [-0.05, 0) is 59.4 Å². The number of hydrogen-bond acceptors (Lipinski definition) is 3. The summed E-state index contributed by atoms with van der Waals surface area (Å²) in [5.41, 5.74) is 4.79. The molecule has 1 heterocycles. The van der Waals surface area contributed by atoms with Crippen molar-refractivity contribution in [1.29, 1.82) is 0 Å². The first-order valence-corrected chi connectivity index (χ1v) is 13.6. The van der Waals surface area contributed by atoms with E-state index in [1.54, 1.807) is 24.1 Å². The largest absolute Gasteiger partial charge is 0.383 e. The average Bonchev–Trinajstić information content (AvgIpc) is 3.37. The summed E-state index contributed by atoms with van der Waals surface area (Å²) in [4.78, 5) is 33.4. The van der Waals surface area contributed by atoms with Crippen molar-refractivity contribution in [3.05, 3.63) is 102 Å². The number of methoxy groups -OCH3 is 1. The van der Waals surface area contributed by atoms with Crippen LogP contribution in [0.5, 0.6) is 0 Å². The average molecular weight is 545 g/mol. The van der Waals surface area contributed by atoms with Crippen LogP contribution in [-0.2, 0) is 22.5 Å². The Morgan fingerprint density at radius 2 is 1.68 bits per heavy atom. The van der Waals surface area contributed by atoms with Crippen LogP contribution in [0, 0.1) is 5.82 Å². The van der Waals surface area contributed by atoms with Crippen molar-refractivity contribution in [2.45, 2.75) is 32.7 Å². The molecule has 4 aromatic rings. The summed E-state index contributed by atoms with van der Waals surface area (Å²) in [7, 11) is 1.56. The number of rotatable bonds is 12. The molecule has 0 saturated carbocycles. The van der Waals surface area contributed by atoms with E-state index >= 15 is 0 Å². The van der Waals surface area contributed by atoms with Crippen LogP contribution in [0.4, 0.5) is 14.9 Å². The molecule has 0 atom stereocenters. The molecule has 0 radical (unpaired) electrons. The number of nitrogens with zero attached hydrogens (tertiary/aromatic N) is 2. The summed E-state index contributed by atoms with van der Waals surface area (Å²) in [6.45, 7) is 5.40. The van der Waals surface area contributed by atoms with Crippen molar-refractivity contribution >= 4 is 28.5 Å². The lowest BCUT2D eigenvalue weighted by Crippen LogP contribution is -2.46. The SMILES string of the molecule is COCCN(CC(=O)N(CCc1c[nH]c2ccccc12)Cc1ccc(F)cc1)C(=O)Nc1ccc(C(C)C)cc1. The molecule has 0 unspecified atom stereocenters. The Hall–Kier alpha value is -4.17. The van der Waals surface area contributed by atoms with Crippen molar-refractivity contribution in [1.82, 2.24) is 14.8 Å². The predicted octanol–water partition coefficient (Wildman–Crippen LogP) is 6.18. The number of hydrogen-bond donors (Lipinski definition) is 2. The Morgan fingerprint density at radius 3 is 2.38 bits per heavy atom. The predicted molar refractivity (Wildman–Crippen MR) is 157 cm³/mol. The van der Waals surface area contributed by atoms with Gasteiger partial charge in [0.25, 0.3) is 0 Å². The minimum absolute atomic E-state index is 0.117. The maximum atomic E-state index is 13.7. The van der Waals surface area contributed by atoms with Crippen molar-refractivity contribution in [3.63, 3.8) is 0 Å². The number of nitrogens with one attached hydrogen (secondary N) is 2. The zero-order valence-corrected chi connectivity index (χ0v) is 23.3. The number of benzene rings is 3. The number of urea groups is 1. The lowest BCUT2D eigenvalue weighted by atomic mass is 10.0. The van der Waals surface area contributed by atoms with Gasteiger partial charge in [0, 0.05) is 49.5 Å². The second kappa shape index (κ2) is 13.8. The number of halogens is 1. The van der Waals surface area contributed by atoms with Gasteiger partial charge in [0.05, 0.1) is 6.61 Å². The first-order chi connectivity index (χ1) is 19.3. The van der Waals surface area contributed by atoms with Crippen LogP contribution in [0.3, 0.4) is 0 Å². The van der Waals surface area contributed by atoms with E-state index < -0.39 is 0 Å². The number of para-hydroxylation sites is 1. The molecular formula is C32H37FN4O3. The minimum Gasteiger partial charge on any atom is -0.383 e. The van der Waals surface area contributed by atoms with Crippen molar-refractivity contribution in [2.24, 2.45) is 0 Å². The molecule has 7 nitrogen and oxygen atoms in total. The van der Waals surface area contributed by atoms with Crippen molar-refractivity contribution in [3.8, 4) is 0 Å². The molecule has 0 spiro atoms. The summed E-state index contributed by atoms with van der Waals surface area (Å²) in [5, 5.41) is 4.02. The van der Waals surface area contributed by atoms with E-state index in [0.717, 1.165) is 22.0 Å². The molecule has 0 aliphatic carbocycles. The summed E-state index contributed by atoms with van der Waals surface area (Å²) in [6, 6.07) is 21.5. The third-order valence-corrected chi connectivity index (χ3v) is 6.97. The highest BCUT2D eigenvalue weighted by Crippen LogP contribution is 2.20. The van der Waals surface area contributed by atoms with Crippen LogP contribution in [0.25, 0.3) is 10.9 Å². The second-order valence-electron chi connectivity index (χ2n) is 10.2. The molecule has 4 rings (SSSR count). The number of carbonyl (C=O) groups excluding carboxylic acids is 2. The standard InChI is InChI=1S/C32H37FN4O3/c1-23(2)25-10-14-28(15-11-25)35-32(39)37(18-19-40-3)22-31(38)36(21-24-8-12-27(33)13-9-24)17-16-26-20-34-30-7-5-4-6-29(26)30/h4-15,20,23,34H,16-19,21-22H2,1-3H3,(H,35,39). The highest BCUT2D eigenvalue weighted by Gasteiger charge is 2.22. The number of aromatic amines is 1. The quantitative estimate of drug-likeness (QED) is 0.224. The Balaban J connectivity index is 1.49. The zero-order valence-electron chi connectivity index (χ0n) is 23.3. The Morgan fingerprint density at radius 1 is 0.950 bits per heavy atom. The van der Waals surface area contributed by atoms with Crippen LogP contribution in [0.15, 0.2) is 79.0 Å².